The van der Waals surface area contributed by atoms with E-state index in [1.54, 1.807) is 0 Å². The zero-order chi connectivity index (χ0) is 9.56. The molecule has 0 atom stereocenters. The molecule has 0 fully saturated rings. The maximum absolute atomic E-state index is 3.91. The van der Waals surface area contributed by atoms with Crippen LogP contribution in [0.25, 0.3) is 0 Å². The van der Waals surface area contributed by atoms with Crippen LogP contribution in [-0.2, 0) is 0 Å². The van der Waals surface area contributed by atoms with Crippen molar-refractivity contribution in [2.75, 3.05) is 19.6 Å². The Bertz CT molecular complexity index is 142. The SMILES string of the molecule is C=C(C)CN(CCC)CC(=C)C. The number of hydrogen-bond donors (Lipinski definition) is 0. The zero-order valence-electron chi connectivity index (χ0n) is 8.69. The molecule has 0 bridgehead atoms. The Balaban J connectivity index is 3.85. The molecule has 0 aromatic carbocycles. The summed E-state index contributed by atoms with van der Waals surface area (Å²) in [4.78, 5) is 2.38. The monoisotopic (exact) mass is 167 g/mol. The van der Waals surface area contributed by atoms with Gasteiger partial charge in [0.15, 0.2) is 0 Å². The summed E-state index contributed by atoms with van der Waals surface area (Å²) < 4.78 is 0. The Kier molecular flexibility index (Phi) is 5.73. The Labute approximate surface area is 76.8 Å². The summed E-state index contributed by atoms with van der Waals surface area (Å²) in [6.07, 6.45) is 1.20. The minimum absolute atomic E-state index is 1.00. The third kappa shape index (κ3) is 6.17. The van der Waals surface area contributed by atoms with Gasteiger partial charge in [-0.2, -0.15) is 0 Å². The normalized spacial score (nSPS) is 10.3. The lowest BCUT2D eigenvalue weighted by Gasteiger charge is -2.21. The number of rotatable bonds is 6. The van der Waals surface area contributed by atoms with Crippen LogP contribution in [-0.4, -0.2) is 24.5 Å². The highest BCUT2D eigenvalue weighted by Gasteiger charge is 2.02. The van der Waals surface area contributed by atoms with Crippen LogP contribution in [0.5, 0.6) is 0 Å². The van der Waals surface area contributed by atoms with Gasteiger partial charge in [0.2, 0.25) is 0 Å². The lowest BCUT2D eigenvalue weighted by molar-refractivity contribution is 0.322. The van der Waals surface area contributed by atoms with Gasteiger partial charge >= 0.3 is 0 Å². The lowest BCUT2D eigenvalue weighted by Crippen LogP contribution is -2.27. The topological polar surface area (TPSA) is 3.24 Å². The molecule has 0 heterocycles. The van der Waals surface area contributed by atoms with Gasteiger partial charge in [-0.05, 0) is 26.8 Å². The third-order valence-electron chi connectivity index (χ3n) is 1.53. The van der Waals surface area contributed by atoms with Crippen molar-refractivity contribution >= 4 is 0 Å². The van der Waals surface area contributed by atoms with Gasteiger partial charge in [0.05, 0.1) is 0 Å². The first-order chi connectivity index (χ1) is 5.56. The van der Waals surface area contributed by atoms with Crippen molar-refractivity contribution in [3.63, 3.8) is 0 Å². The minimum atomic E-state index is 1.00. The molecule has 0 spiro atoms. The third-order valence-corrected chi connectivity index (χ3v) is 1.53. The highest BCUT2D eigenvalue weighted by atomic mass is 15.1. The Morgan fingerprint density at radius 3 is 1.75 bits per heavy atom. The van der Waals surface area contributed by atoms with Gasteiger partial charge in [0.1, 0.15) is 0 Å². The van der Waals surface area contributed by atoms with Gasteiger partial charge in [-0.25, -0.2) is 0 Å². The van der Waals surface area contributed by atoms with E-state index >= 15 is 0 Å². The predicted octanol–water partition coefficient (Wildman–Crippen LogP) is 2.85. The largest absolute Gasteiger partial charge is 0.296 e. The maximum Gasteiger partial charge on any atom is 0.0190 e. The van der Waals surface area contributed by atoms with Crippen LogP contribution in [0.4, 0.5) is 0 Å². The molecule has 0 amide bonds. The fourth-order valence-corrected chi connectivity index (χ4v) is 1.29. The predicted molar refractivity (Wildman–Crippen MR) is 56.4 cm³/mol. The molecule has 0 aliphatic carbocycles. The van der Waals surface area contributed by atoms with Crippen LogP contribution in [0, 0.1) is 0 Å². The van der Waals surface area contributed by atoms with Crippen LogP contribution < -0.4 is 0 Å². The molecular formula is C11H21N. The van der Waals surface area contributed by atoms with Crippen molar-refractivity contribution < 1.29 is 0 Å². The van der Waals surface area contributed by atoms with E-state index in [1.807, 2.05) is 0 Å². The molecule has 1 nitrogen and oxygen atoms in total. The number of nitrogens with zero attached hydrogens (tertiary/aromatic N) is 1. The van der Waals surface area contributed by atoms with E-state index in [0.717, 1.165) is 19.6 Å². The molecule has 70 valence electrons. The molecule has 0 aliphatic heterocycles. The highest BCUT2D eigenvalue weighted by molar-refractivity contribution is 4.97. The summed E-state index contributed by atoms with van der Waals surface area (Å²) in [5.74, 6) is 0. The van der Waals surface area contributed by atoms with Crippen molar-refractivity contribution in [3.05, 3.63) is 24.3 Å². The first kappa shape index (κ1) is 11.4. The van der Waals surface area contributed by atoms with Gasteiger partial charge in [0.25, 0.3) is 0 Å². The van der Waals surface area contributed by atoms with E-state index in [4.69, 9.17) is 0 Å². The number of hydrogen-bond acceptors (Lipinski definition) is 1. The van der Waals surface area contributed by atoms with Gasteiger partial charge < -0.3 is 0 Å². The molecule has 12 heavy (non-hydrogen) atoms. The fourth-order valence-electron chi connectivity index (χ4n) is 1.29. The Morgan fingerprint density at radius 2 is 1.50 bits per heavy atom. The molecule has 0 saturated carbocycles. The van der Waals surface area contributed by atoms with Crippen LogP contribution in [0.3, 0.4) is 0 Å². The molecule has 0 radical (unpaired) electrons. The van der Waals surface area contributed by atoms with E-state index in [-0.39, 0.29) is 0 Å². The lowest BCUT2D eigenvalue weighted by atomic mass is 10.2. The van der Waals surface area contributed by atoms with Crippen molar-refractivity contribution in [1.29, 1.82) is 0 Å². The van der Waals surface area contributed by atoms with Gasteiger partial charge in [-0.3, -0.25) is 4.90 Å². The smallest absolute Gasteiger partial charge is 0.0190 e. The average molecular weight is 167 g/mol. The Hall–Kier alpha value is -0.560. The fraction of sp³-hybridized carbons (Fsp3) is 0.636. The maximum atomic E-state index is 3.91. The molecule has 0 aromatic heterocycles. The Morgan fingerprint density at radius 1 is 1.08 bits per heavy atom. The summed E-state index contributed by atoms with van der Waals surface area (Å²) in [5, 5.41) is 0. The minimum Gasteiger partial charge on any atom is -0.296 e. The second kappa shape index (κ2) is 6.01. The molecule has 0 unspecified atom stereocenters. The molecule has 0 aliphatic rings. The molecule has 0 aromatic rings. The quantitative estimate of drug-likeness (QED) is 0.550. The first-order valence-corrected chi connectivity index (χ1v) is 4.57. The van der Waals surface area contributed by atoms with E-state index in [9.17, 15) is 0 Å². The summed E-state index contributed by atoms with van der Waals surface area (Å²) in [5.41, 5.74) is 2.45. The van der Waals surface area contributed by atoms with Gasteiger partial charge in [0, 0.05) is 13.1 Å². The van der Waals surface area contributed by atoms with Gasteiger partial charge in [-0.1, -0.05) is 31.2 Å². The standard InChI is InChI=1S/C11H21N/c1-6-7-12(8-10(2)3)9-11(4)5/h2,4,6-9H2,1,3,5H3. The van der Waals surface area contributed by atoms with Crippen molar-refractivity contribution in [1.82, 2.24) is 4.90 Å². The van der Waals surface area contributed by atoms with E-state index in [0.29, 0.717) is 0 Å². The molecular weight excluding hydrogens is 146 g/mol. The molecule has 0 rings (SSSR count). The second-order valence-electron chi connectivity index (χ2n) is 3.62. The summed E-state index contributed by atoms with van der Waals surface area (Å²) in [6, 6.07) is 0. The van der Waals surface area contributed by atoms with Crippen LogP contribution in [0.1, 0.15) is 27.2 Å². The van der Waals surface area contributed by atoms with Gasteiger partial charge in [-0.15, -0.1) is 0 Å². The van der Waals surface area contributed by atoms with Crippen LogP contribution in [0.15, 0.2) is 24.3 Å². The zero-order valence-corrected chi connectivity index (χ0v) is 8.69. The van der Waals surface area contributed by atoms with E-state index in [1.165, 1.54) is 17.6 Å². The molecule has 0 saturated heterocycles. The van der Waals surface area contributed by atoms with Crippen LogP contribution >= 0.6 is 0 Å². The highest BCUT2D eigenvalue weighted by Crippen LogP contribution is 2.01. The summed E-state index contributed by atoms with van der Waals surface area (Å²) in [6.45, 7) is 17.3. The molecule has 0 N–H and O–H groups in total. The van der Waals surface area contributed by atoms with E-state index < -0.39 is 0 Å². The van der Waals surface area contributed by atoms with Crippen molar-refractivity contribution in [3.8, 4) is 0 Å². The van der Waals surface area contributed by atoms with Crippen molar-refractivity contribution in [2.45, 2.75) is 27.2 Å². The first-order valence-electron chi connectivity index (χ1n) is 4.57. The average Bonchev–Trinajstić information content (AvgIpc) is 1.84. The summed E-state index contributed by atoms with van der Waals surface area (Å²) in [7, 11) is 0. The summed E-state index contributed by atoms with van der Waals surface area (Å²) >= 11 is 0. The second-order valence-corrected chi connectivity index (χ2v) is 3.62. The van der Waals surface area contributed by atoms with Crippen LogP contribution in [0.2, 0.25) is 0 Å². The molecule has 1 heteroatoms. The van der Waals surface area contributed by atoms with E-state index in [2.05, 4.69) is 38.8 Å². The van der Waals surface area contributed by atoms with Crippen molar-refractivity contribution in [2.24, 2.45) is 0 Å².